The van der Waals surface area contributed by atoms with E-state index in [9.17, 15) is 8.42 Å². The van der Waals surface area contributed by atoms with E-state index >= 15 is 0 Å². The molecule has 3 rings (SSSR count). The van der Waals surface area contributed by atoms with Crippen LogP contribution in [-0.2, 0) is 14.8 Å². The summed E-state index contributed by atoms with van der Waals surface area (Å²) in [5.74, 6) is 0. The van der Waals surface area contributed by atoms with E-state index in [0.29, 0.717) is 17.2 Å². The van der Waals surface area contributed by atoms with Crippen LogP contribution in [0.3, 0.4) is 0 Å². The molecule has 0 aliphatic carbocycles. The summed E-state index contributed by atoms with van der Waals surface area (Å²) in [5, 5.41) is 3.53. The summed E-state index contributed by atoms with van der Waals surface area (Å²) in [6, 6.07) is 13.2. The van der Waals surface area contributed by atoms with Gasteiger partial charge in [-0.1, -0.05) is 24.3 Å². The Morgan fingerprint density at radius 1 is 1.19 bits per heavy atom. The minimum Gasteiger partial charge on any atom is -0.385 e. The molecule has 0 spiro atoms. The molecule has 0 saturated carbocycles. The standard InChI is InChI=1S/C19H24N2O3S2/c1-21-17-8-5-4-7-15(17)19(20-11-6-12-24-2)16-10-9-14(25-3)13-18(16)26(21,22)23/h4-5,7-10,13,19-20H,6,11-12H2,1-3H3. The van der Waals surface area contributed by atoms with E-state index in [1.165, 1.54) is 4.31 Å². The summed E-state index contributed by atoms with van der Waals surface area (Å²) in [7, 11) is -0.312. The topological polar surface area (TPSA) is 58.6 Å². The highest BCUT2D eigenvalue weighted by Gasteiger charge is 2.34. The van der Waals surface area contributed by atoms with Gasteiger partial charge < -0.3 is 10.1 Å². The molecule has 1 aliphatic heterocycles. The quantitative estimate of drug-likeness (QED) is 0.604. The Bertz CT molecular complexity index is 884. The molecule has 0 bridgehead atoms. The fourth-order valence-corrected chi connectivity index (χ4v) is 5.24. The van der Waals surface area contributed by atoms with Gasteiger partial charge in [0.05, 0.1) is 16.6 Å². The zero-order valence-electron chi connectivity index (χ0n) is 15.2. The van der Waals surface area contributed by atoms with Crippen LogP contribution in [0.25, 0.3) is 0 Å². The van der Waals surface area contributed by atoms with Gasteiger partial charge in [0, 0.05) is 25.7 Å². The first-order chi connectivity index (χ1) is 12.5. The number of methoxy groups -OCH3 is 1. The van der Waals surface area contributed by atoms with Gasteiger partial charge >= 0.3 is 0 Å². The first-order valence-corrected chi connectivity index (χ1v) is 11.1. The number of rotatable bonds is 6. The maximum atomic E-state index is 13.2. The molecule has 7 heteroatoms. The normalized spacial score (nSPS) is 18.1. The number of ether oxygens (including phenoxy) is 1. The minimum absolute atomic E-state index is 0.186. The number of nitrogens with zero attached hydrogens (tertiary/aromatic N) is 1. The Labute approximate surface area is 159 Å². The average molecular weight is 393 g/mol. The number of anilines is 1. The van der Waals surface area contributed by atoms with E-state index in [2.05, 4.69) is 5.32 Å². The third kappa shape index (κ3) is 3.49. The maximum absolute atomic E-state index is 13.2. The number of para-hydroxylation sites is 1. The van der Waals surface area contributed by atoms with Crippen LogP contribution in [-0.4, -0.2) is 42.0 Å². The molecule has 5 nitrogen and oxygen atoms in total. The second-order valence-corrected chi connectivity index (χ2v) is 8.99. The Morgan fingerprint density at radius 2 is 1.96 bits per heavy atom. The van der Waals surface area contributed by atoms with Crippen LogP contribution < -0.4 is 9.62 Å². The molecule has 0 aromatic heterocycles. The van der Waals surface area contributed by atoms with Crippen molar-refractivity contribution in [1.82, 2.24) is 5.32 Å². The van der Waals surface area contributed by atoms with Crippen LogP contribution in [0, 0.1) is 0 Å². The smallest absolute Gasteiger partial charge is 0.264 e. The van der Waals surface area contributed by atoms with Crippen LogP contribution in [0.1, 0.15) is 23.6 Å². The van der Waals surface area contributed by atoms with Crippen LogP contribution in [0.5, 0.6) is 0 Å². The molecule has 1 aliphatic rings. The van der Waals surface area contributed by atoms with Crippen molar-refractivity contribution in [2.24, 2.45) is 0 Å². The number of nitrogens with one attached hydrogen (secondary N) is 1. The summed E-state index contributed by atoms with van der Waals surface area (Å²) in [6.45, 7) is 1.40. The first kappa shape index (κ1) is 19.2. The molecule has 1 unspecified atom stereocenters. The molecule has 2 aromatic carbocycles. The first-order valence-electron chi connectivity index (χ1n) is 8.49. The summed E-state index contributed by atoms with van der Waals surface area (Å²) in [5.41, 5.74) is 2.46. The molecule has 1 heterocycles. The molecule has 0 saturated heterocycles. The van der Waals surface area contributed by atoms with Gasteiger partial charge in [-0.3, -0.25) is 4.31 Å². The van der Waals surface area contributed by atoms with Gasteiger partial charge in [0.15, 0.2) is 0 Å². The summed E-state index contributed by atoms with van der Waals surface area (Å²) >= 11 is 1.54. The van der Waals surface area contributed by atoms with Gasteiger partial charge in [-0.15, -0.1) is 11.8 Å². The number of thioether (sulfide) groups is 1. The molecule has 1 atom stereocenters. The Kier molecular flexibility index (Phi) is 5.92. The monoisotopic (exact) mass is 392 g/mol. The summed E-state index contributed by atoms with van der Waals surface area (Å²) < 4.78 is 33.0. The lowest BCUT2D eigenvalue weighted by Gasteiger charge is -2.22. The van der Waals surface area contributed by atoms with Crippen molar-refractivity contribution in [3.05, 3.63) is 53.6 Å². The van der Waals surface area contributed by atoms with E-state index in [1.54, 1.807) is 32.0 Å². The van der Waals surface area contributed by atoms with Gasteiger partial charge in [-0.25, -0.2) is 8.42 Å². The van der Waals surface area contributed by atoms with Crippen molar-refractivity contribution in [1.29, 1.82) is 0 Å². The van der Waals surface area contributed by atoms with Crippen molar-refractivity contribution >= 4 is 27.5 Å². The number of hydrogen-bond donors (Lipinski definition) is 1. The highest BCUT2D eigenvalue weighted by atomic mass is 32.2. The minimum atomic E-state index is -3.62. The number of benzene rings is 2. The molecule has 26 heavy (non-hydrogen) atoms. The molecular formula is C19H24N2O3S2. The molecule has 140 valence electrons. The van der Waals surface area contributed by atoms with Gasteiger partial charge in [0.2, 0.25) is 0 Å². The lowest BCUT2D eigenvalue weighted by Crippen LogP contribution is -2.26. The summed E-state index contributed by atoms with van der Waals surface area (Å²) in [4.78, 5) is 1.30. The highest BCUT2D eigenvalue weighted by molar-refractivity contribution is 7.98. The fourth-order valence-electron chi connectivity index (χ4n) is 3.25. The highest BCUT2D eigenvalue weighted by Crippen LogP contribution is 2.40. The van der Waals surface area contributed by atoms with E-state index in [4.69, 9.17) is 4.74 Å². The Hall–Kier alpha value is -1.54. The summed E-state index contributed by atoms with van der Waals surface area (Å²) in [6.07, 6.45) is 2.81. The zero-order valence-corrected chi connectivity index (χ0v) is 16.9. The van der Waals surface area contributed by atoms with E-state index < -0.39 is 10.0 Å². The van der Waals surface area contributed by atoms with Gasteiger partial charge in [0.25, 0.3) is 10.0 Å². The van der Waals surface area contributed by atoms with Crippen molar-refractivity contribution in [2.75, 3.05) is 37.9 Å². The third-order valence-electron chi connectivity index (χ3n) is 4.63. The van der Waals surface area contributed by atoms with Crippen molar-refractivity contribution in [2.45, 2.75) is 22.3 Å². The van der Waals surface area contributed by atoms with Gasteiger partial charge in [-0.2, -0.15) is 0 Å². The van der Waals surface area contributed by atoms with Crippen LogP contribution in [0.2, 0.25) is 0 Å². The Balaban J connectivity index is 2.16. The molecular weight excluding hydrogens is 368 g/mol. The van der Waals surface area contributed by atoms with E-state index in [0.717, 1.165) is 29.0 Å². The second kappa shape index (κ2) is 8.00. The largest absolute Gasteiger partial charge is 0.385 e. The van der Waals surface area contributed by atoms with Crippen LogP contribution in [0.4, 0.5) is 5.69 Å². The molecule has 0 amide bonds. The van der Waals surface area contributed by atoms with Gasteiger partial charge in [-0.05, 0) is 48.5 Å². The fraction of sp³-hybridized carbons (Fsp3) is 0.368. The average Bonchev–Trinajstić information content (AvgIpc) is 2.73. The predicted molar refractivity (Wildman–Crippen MR) is 107 cm³/mol. The maximum Gasteiger partial charge on any atom is 0.264 e. The number of sulfonamides is 1. The molecule has 0 radical (unpaired) electrons. The SMILES string of the molecule is COCCCNC1c2ccccc2N(C)S(=O)(=O)c2cc(SC)ccc21. The van der Waals surface area contributed by atoms with E-state index in [-0.39, 0.29) is 6.04 Å². The van der Waals surface area contributed by atoms with Crippen molar-refractivity contribution in [3.8, 4) is 0 Å². The van der Waals surface area contributed by atoms with Crippen molar-refractivity contribution < 1.29 is 13.2 Å². The van der Waals surface area contributed by atoms with Crippen molar-refractivity contribution in [3.63, 3.8) is 0 Å². The Morgan fingerprint density at radius 3 is 2.69 bits per heavy atom. The van der Waals surface area contributed by atoms with E-state index in [1.807, 2.05) is 42.7 Å². The third-order valence-corrected chi connectivity index (χ3v) is 7.18. The lowest BCUT2D eigenvalue weighted by atomic mass is 9.97. The molecule has 1 N–H and O–H groups in total. The lowest BCUT2D eigenvalue weighted by molar-refractivity contribution is 0.193. The molecule has 2 aromatic rings. The second-order valence-electron chi connectivity index (χ2n) is 6.17. The number of hydrogen-bond acceptors (Lipinski definition) is 5. The number of fused-ring (bicyclic) bond motifs is 2. The predicted octanol–water partition coefficient (Wildman–Crippen LogP) is 3.26. The van der Waals surface area contributed by atoms with Crippen LogP contribution in [0.15, 0.2) is 52.3 Å². The zero-order chi connectivity index (χ0) is 18.7. The molecule has 0 fully saturated rings. The van der Waals surface area contributed by atoms with Gasteiger partial charge in [0.1, 0.15) is 0 Å². The van der Waals surface area contributed by atoms with Crippen LogP contribution >= 0.6 is 11.8 Å².